The van der Waals surface area contributed by atoms with E-state index in [0.29, 0.717) is 12.1 Å². The van der Waals surface area contributed by atoms with Gasteiger partial charge in [-0.25, -0.2) is 0 Å². The topological polar surface area (TPSA) is 83.8 Å². The molecule has 4 rings (SSSR count). The fraction of sp³-hybridized carbons (Fsp3) is 0.421. The van der Waals surface area contributed by atoms with Gasteiger partial charge in [-0.1, -0.05) is 15.9 Å². The highest BCUT2D eigenvalue weighted by atomic mass is 79.9. The number of hydrogen-bond donors (Lipinski definition) is 1. The third-order valence-electron chi connectivity index (χ3n) is 5.41. The lowest BCUT2D eigenvalue weighted by Crippen LogP contribution is -2.55. The van der Waals surface area contributed by atoms with Gasteiger partial charge in [0, 0.05) is 42.1 Å². The van der Waals surface area contributed by atoms with Crippen LogP contribution in [0.4, 0.5) is 0 Å². The van der Waals surface area contributed by atoms with Gasteiger partial charge < -0.3 is 5.73 Å². The minimum Gasteiger partial charge on any atom is -0.325 e. The fourth-order valence-electron chi connectivity index (χ4n) is 3.69. The van der Waals surface area contributed by atoms with Crippen LogP contribution < -0.4 is 5.73 Å². The quantitative estimate of drug-likeness (QED) is 0.605. The van der Waals surface area contributed by atoms with E-state index in [1.54, 1.807) is 12.4 Å². The van der Waals surface area contributed by atoms with E-state index in [4.69, 9.17) is 5.73 Å². The molecular weight excluding hydrogens is 392 g/mol. The number of nitrogens with zero attached hydrogens (tertiary/aromatic N) is 5. The molecule has 1 unspecified atom stereocenters. The highest BCUT2D eigenvalue weighted by molar-refractivity contribution is 9.10. The first-order valence-corrected chi connectivity index (χ1v) is 9.54. The number of pyridine rings is 1. The number of aromatic nitrogens is 3. The molecule has 1 fully saturated rings. The first-order valence-electron chi connectivity index (χ1n) is 8.74. The molecule has 2 N–H and O–H groups in total. The molecule has 1 atom stereocenters. The molecule has 6 nitrogen and oxygen atoms in total. The highest BCUT2D eigenvalue weighted by Gasteiger charge is 2.39. The van der Waals surface area contributed by atoms with Gasteiger partial charge in [0.1, 0.15) is 10.5 Å². The molecule has 0 spiro atoms. The number of piperidine rings is 1. The lowest BCUT2D eigenvalue weighted by Gasteiger charge is -2.45. The van der Waals surface area contributed by atoms with Gasteiger partial charge in [-0.05, 0) is 38.0 Å². The summed E-state index contributed by atoms with van der Waals surface area (Å²) in [4.78, 5) is 6.47. The average molecular weight is 413 g/mol. The second-order valence-electron chi connectivity index (χ2n) is 7.43. The van der Waals surface area contributed by atoms with Crippen LogP contribution in [0.15, 0.2) is 30.7 Å². The van der Waals surface area contributed by atoms with Crippen LogP contribution in [0.25, 0.3) is 17.2 Å². The Morgan fingerprint density at radius 3 is 2.77 bits per heavy atom. The first kappa shape index (κ1) is 17.4. The summed E-state index contributed by atoms with van der Waals surface area (Å²) in [5, 5.41) is 13.9. The molecule has 0 aromatic carbocycles. The van der Waals surface area contributed by atoms with Gasteiger partial charge in [-0.2, -0.15) is 10.4 Å². The molecule has 0 aliphatic carbocycles. The van der Waals surface area contributed by atoms with Gasteiger partial charge in [0.15, 0.2) is 0 Å². The second kappa shape index (κ2) is 6.31. The van der Waals surface area contributed by atoms with Crippen molar-refractivity contribution in [2.75, 3.05) is 13.1 Å². The SMILES string of the molecule is CC1(N)CCN(C2(Br)C=Cc3c(-c4ccncc4C#N)cnn3C2)CC1. The minimum absolute atomic E-state index is 0.0721. The number of nitriles is 1. The maximum Gasteiger partial charge on any atom is 0.115 e. The third-order valence-corrected chi connectivity index (χ3v) is 6.43. The molecule has 0 saturated carbocycles. The van der Waals surface area contributed by atoms with E-state index < -0.39 is 0 Å². The van der Waals surface area contributed by atoms with Gasteiger partial charge >= 0.3 is 0 Å². The van der Waals surface area contributed by atoms with E-state index >= 15 is 0 Å². The lowest BCUT2D eigenvalue weighted by molar-refractivity contribution is 0.118. The second-order valence-corrected chi connectivity index (χ2v) is 8.80. The first-order chi connectivity index (χ1) is 12.4. The molecule has 26 heavy (non-hydrogen) atoms. The highest BCUT2D eigenvalue weighted by Crippen LogP contribution is 2.38. The van der Waals surface area contributed by atoms with Crippen LogP contribution in [-0.2, 0) is 6.54 Å². The van der Waals surface area contributed by atoms with E-state index in [1.807, 2.05) is 16.9 Å². The number of hydrogen-bond acceptors (Lipinski definition) is 5. The maximum atomic E-state index is 9.36. The summed E-state index contributed by atoms with van der Waals surface area (Å²) in [6.45, 7) is 4.75. The molecule has 2 aromatic rings. The zero-order valence-corrected chi connectivity index (χ0v) is 16.3. The Bertz CT molecular complexity index is 899. The lowest BCUT2D eigenvalue weighted by atomic mass is 9.90. The van der Waals surface area contributed by atoms with Crippen molar-refractivity contribution in [2.24, 2.45) is 5.73 Å². The van der Waals surface area contributed by atoms with Crippen LogP contribution in [0.5, 0.6) is 0 Å². The summed E-state index contributed by atoms with van der Waals surface area (Å²) in [5.41, 5.74) is 9.61. The molecule has 0 radical (unpaired) electrons. The number of halogens is 1. The molecule has 7 heteroatoms. The predicted octanol–water partition coefficient (Wildman–Crippen LogP) is 2.75. The fourth-order valence-corrected chi connectivity index (χ4v) is 4.41. The van der Waals surface area contributed by atoms with E-state index in [9.17, 15) is 5.26 Å². The van der Waals surface area contributed by atoms with Crippen molar-refractivity contribution in [2.45, 2.75) is 36.3 Å². The van der Waals surface area contributed by atoms with Gasteiger partial charge in [-0.3, -0.25) is 14.6 Å². The summed E-state index contributed by atoms with van der Waals surface area (Å²) in [6, 6.07) is 4.08. The zero-order chi connectivity index (χ0) is 18.4. The van der Waals surface area contributed by atoms with Crippen LogP contribution >= 0.6 is 15.9 Å². The normalized spacial score (nSPS) is 24.8. The number of nitrogens with two attached hydrogens (primary N) is 1. The summed E-state index contributed by atoms with van der Waals surface area (Å²) in [5.74, 6) is 0. The van der Waals surface area contributed by atoms with Crippen molar-refractivity contribution in [1.29, 1.82) is 5.26 Å². The molecule has 2 aliphatic heterocycles. The Kier molecular flexibility index (Phi) is 4.22. The Morgan fingerprint density at radius 2 is 2.04 bits per heavy atom. The number of alkyl halides is 1. The minimum atomic E-state index is -0.254. The van der Waals surface area contributed by atoms with Crippen molar-refractivity contribution in [1.82, 2.24) is 19.7 Å². The van der Waals surface area contributed by atoms with Crippen LogP contribution in [0.3, 0.4) is 0 Å². The van der Waals surface area contributed by atoms with Gasteiger partial charge in [0.05, 0.1) is 24.0 Å². The smallest absolute Gasteiger partial charge is 0.115 e. The molecule has 2 aliphatic rings. The Hall–Kier alpha value is -2.01. The van der Waals surface area contributed by atoms with E-state index in [0.717, 1.165) is 42.8 Å². The van der Waals surface area contributed by atoms with Crippen LogP contribution in [0, 0.1) is 11.3 Å². The van der Waals surface area contributed by atoms with Crippen molar-refractivity contribution in [3.8, 4) is 17.2 Å². The molecule has 0 bridgehead atoms. The van der Waals surface area contributed by atoms with E-state index in [-0.39, 0.29) is 9.99 Å². The van der Waals surface area contributed by atoms with Crippen LogP contribution in [0.1, 0.15) is 31.0 Å². The molecule has 2 aromatic heterocycles. The van der Waals surface area contributed by atoms with Crippen molar-refractivity contribution in [3.05, 3.63) is 42.0 Å². The molecule has 134 valence electrons. The van der Waals surface area contributed by atoms with E-state index in [2.05, 4.69) is 56.1 Å². The van der Waals surface area contributed by atoms with Gasteiger partial charge in [0.2, 0.25) is 0 Å². The van der Waals surface area contributed by atoms with Crippen LogP contribution in [0.2, 0.25) is 0 Å². The summed E-state index contributed by atoms with van der Waals surface area (Å²) >= 11 is 3.93. The third kappa shape index (κ3) is 2.98. The predicted molar refractivity (Wildman–Crippen MR) is 104 cm³/mol. The number of fused-ring (bicyclic) bond motifs is 1. The average Bonchev–Trinajstić information content (AvgIpc) is 3.03. The summed E-state index contributed by atoms with van der Waals surface area (Å²) in [6.07, 6.45) is 11.4. The number of rotatable bonds is 2. The van der Waals surface area contributed by atoms with Crippen molar-refractivity contribution >= 4 is 22.0 Å². The van der Waals surface area contributed by atoms with Crippen molar-refractivity contribution in [3.63, 3.8) is 0 Å². The van der Waals surface area contributed by atoms with Gasteiger partial charge in [0.25, 0.3) is 0 Å². The van der Waals surface area contributed by atoms with Gasteiger partial charge in [-0.15, -0.1) is 0 Å². The van der Waals surface area contributed by atoms with E-state index in [1.165, 1.54) is 0 Å². The monoisotopic (exact) mass is 412 g/mol. The molecule has 0 amide bonds. The molecular formula is C19H21BrN6. The van der Waals surface area contributed by atoms with Crippen molar-refractivity contribution < 1.29 is 0 Å². The zero-order valence-electron chi connectivity index (χ0n) is 14.7. The van der Waals surface area contributed by atoms with Crippen LogP contribution in [-0.4, -0.2) is 42.7 Å². The molecule has 4 heterocycles. The maximum absolute atomic E-state index is 9.36. The Labute approximate surface area is 161 Å². The molecule has 1 saturated heterocycles. The largest absolute Gasteiger partial charge is 0.325 e. The summed E-state index contributed by atoms with van der Waals surface area (Å²) < 4.78 is 1.75. The summed E-state index contributed by atoms with van der Waals surface area (Å²) in [7, 11) is 0. The standard InChI is InChI=1S/C19H21BrN6/c1-18(22)5-8-25(9-6-18)19(20)4-2-17-16(12-24-26(17)13-19)15-3-7-23-11-14(15)10-21/h2-4,7,11-12H,5-6,8-9,13,22H2,1H3. The number of likely N-dealkylation sites (tertiary alicyclic amines) is 1. The Balaban J connectivity index is 1.63. The Morgan fingerprint density at radius 1 is 1.27 bits per heavy atom.